The van der Waals surface area contributed by atoms with Gasteiger partial charge >= 0.3 is 5.97 Å². The largest absolute Gasteiger partial charge is 0.482 e. The molecule has 0 unspecified atom stereocenters. The predicted octanol–water partition coefficient (Wildman–Crippen LogP) is 3.18. The van der Waals surface area contributed by atoms with Crippen molar-refractivity contribution in [2.45, 2.75) is 32.6 Å². The van der Waals surface area contributed by atoms with Gasteiger partial charge in [-0.1, -0.05) is 39.0 Å². The molecule has 0 saturated carbocycles. The van der Waals surface area contributed by atoms with Crippen LogP contribution in [0.5, 0.6) is 5.75 Å². The van der Waals surface area contributed by atoms with Gasteiger partial charge in [-0.15, -0.1) is 6.58 Å². The van der Waals surface area contributed by atoms with Gasteiger partial charge in [0.05, 0.1) is 0 Å². The summed E-state index contributed by atoms with van der Waals surface area (Å²) in [4.78, 5) is 10.5. The number of allylic oxidation sites excluding steroid dienone is 1. The maximum atomic E-state index is 10.5. The third-order valence-electron chi connectivity index (χ3n) is 2.64. The molecule has 0 heterocycles. The highest BCUT2D eigenvalue weighted by Crippen LogP contribution is 2.28. The quantitative estimate of drug-likeness (QED) is 0.814. The molecule has 0 bridgehead atoms. The molecule has 18 heavy (non-hydrogen) atoms. The van der Waals surface area contributed by atoms with Crippen molar-refractivity contribution in [3.8, 4) is 5.75 Å². The Bertz CT molecular complexity index is 442. The van der Waals surface area contributed by atoms with Gasteiger partial charge in [0.25, 0.3) is 0 Å². The van der Waals surface area contributed by atoms with Crippen molar-refractivity contribution in [2.75, 3.05) is 6.61 Å². The molecule has 1 rings (SSSR count). The Balaban J connectivity index is 3.04. The Labute approximate surface area is 108 Å². The van der Waals surface area contributed by atoms with Crippen LogP contribution in [0.2, 0.25) is 0 Å². The van der Waals surface area contributed by atoms with Gasteiger partial charge in [-0.3, -0.25) is 0 Å². The molecule has 1 aromatic rings. The topological polar surface area (TPSA) is 46.5 Å². The zero-order valence-electron chi connectivity index (χ0n) is 11.2. The van der Waals surface area contributed by atoms with Crippen molar-refractivity contribution >= 4 is 5.97 Å². The van der Waals surface area contributed by atoms with Crippen LogP contribution in [-0.4, -0.2) is 17.7 Å². The number of hydrogen-bond acceptors (Lipinski definition) is 2. The molecule has 0 aliphatic carbocycles. The Morgan fingerprint density at radius 1 is 1.44 bits per heavy atom. The zero-order valence-corrected chi connectivity index (χ0v) is 11.2. The molecule has 0 amide bonds. The molecule has 1 N–H and O–H groups in total. The van der Waals surface area contributed by atoms with Crippen molar-refractivity contribution in [2.24, 2.45) is 0 Å². The monoisotopic (exact) mass is 248 g/mol. The van der Waals surface area contributed by atoms with Crippen LogP contribution in [0.15, 0.2) is 30.9 Å². The lowest BCUT2D eigenvalue weighted by Gasteiger charge is -2.21. The number of carbonyl (C=O) groups is 1. The lowest BCUT2D eigenvalue weighted by atomic mass is 9.85. The molecular formula is C15H20O3. The van der Waals surface area contributed by atoms with Crippen molar-refractivity contribution in [3.05, 3.63) is 42.0 Å². The molecule has 0 atom stereocenters. The number of rotatable bonds is 5. The van der Waals surface area contributed by atoms with Crippen LogP contribution in [0.25, 0.3) is 0 Å². The molecule has 3 nitrogen and oxygen atoms in total. The standard InChI is InChI=1S/C15H20O3/c1-5-6-11-9-12(15(2,3)4)7-8-13(11)18-10-14(16)17/h5,7-9H,1,6,10H2,2-4H3,(H,16,17). The van der Waals surface area contributed by atoms with Gasteiger partial charge in [-0.2, -0.15) is 0 Å². The maximum absolute atomic E-state index is 10.5. The van der Waals surface area contributed by atoms with E-state index in [1.54, 1.807) is 6.08 Å². The fourth-order valence-electron chi connectivity index (χ4n) is 1.64. The second kappa shape index (κ2) is 5.71. The number of carboxylic acid groups (broad SMARTS) is 1. The zero-order chi connectivity index (χ0) is 13.8. The molecule has 1 aromatic carbocycles. The maximum Gasteiger partial charge on any atom is 0.341 e. The van der Waals surface area contributed by atoms with E-state index in [1.807, 2.05) is 12.1 Å². The Morgan fingerprint density at radius 3 is 2.61 bits per heavy atom. The fourth-order valence-corrected chi connectivity index (χ4v) is 1.64. The molecule has 0 aliphatic rings. The first-order chi connectivity index (χ1) is 8.34. The van der Waals surface area contributed by atoms with Crippen LogP contribution in [-0.2, 0) is 16.6 Å². The summed E-state index contributed by atoms with van der Waals surface area (Å²) >= 11 is 0. The Hall–Kier alpha value is -1.77. The highest BCUT2D eigenvalue weighted by atomic mass is 16.5. The average Bonchev–Trinajstić information content (AvgIpc) is 2.26. The van der Waals surface area contributed by atoms with E-state index in [2.05, 4.69) is 33.4 Å². The van der Waals surface area contributed by atoms with E-state index in [0.29, 0.717) is 12.2 Å². The van der Waals surface area contributed by atoms with Crippen LogP contribution in [0.3, 0.4) is 0 Å². The van der Waals surface area contributed by atoms with Crippen LogP contribution in [0, 0.1) is 0 Å². The molecule has 0 saturated heterocycles. The van der Waals surface area contributed by atoms with E-state index in [4.69, 9.17) is 9.84 Å². The predicted molar refractivity (Wildman–Crippen MR) is 72.2 cm³/mol. The molecule has 0 aliphatic heterocycles. The lowest BCUT2D eigenvalue weighted by molar-refractivity contribution is -0.139. The van der Waals surface area contributed by atoms with E-state index in [1.165, 1.54) is 5.56 Å². The summed E-state index contributed by atoms with van der Waals surface area (Å²) in [5.41, 5.74) is 2.22. The number of hydrogen-bond donors (Lipinski definition) is 1. The normalized spacial score (nSPS) is 11.1. The number of benzene rings is 1. The fraction of sp³-hybridized carbons (Fsp3) is 0.400. The molecular weight excluding hydrogens is 228 g/mol. The van der Waals surface area contributed by atoms with E-state index >= 15 is 0 Å². The summed E-state index contributed by atoms with van der Waals surface area (Å²) in [6.45, 7) is 9.80. The van der Waals surface area contributed by atoms with Gasteiger partial charge in [-0.25, -0.2) is 4.79 Å². The summed E-state index contributed by atoms with van der Waals surface area (Å²) in [7, 11) is 0. The second-order valence-corrected chi connectivity index (χ2v) is 5.25. The highest BCUT2D eigenvalue weighted by Gasteiger charge is 2.15. The third kappa shape index (κ3) is 3.91. The first kappa shape index (κ1) is 14.3. The average molecular weight is 248 g/mol. The van der Waals surface area contributed by atoms with E-state index in [9.17, 15) is 4.79 Å². The van der Waals surface area contributed by atoms with Crippen molar-refractivity contribution in [1.29, 1.82) is 0 Å². The van der Waals surface area contributed by atoms with Gasteiger partial charge in [0, 0.05) is 0 Å². The Morgan fingerprint density at radius 2 is 2.11 bits per heavy atom. The molecule has 0 spiro atoms. The number of carboxylic acids is 1. The summed E-state index contributed by atoms with van der Waals surface area (Å²) < 4.78 is 5.27. The lowest BCUT2D eigenvalue weighted by Crippen LogP contribution is -2.13. The number of aliphatic carboxylic acids is 1. The number of ether oxygens (including phenoxy) is 1. The first-order valence-electron chi connectivity index (χ1n) is 5.93. The van der Waals surface area contributed by atoms with Crippen LogP contribution in [0.1, 0.15) is 31.9 Å². The molecule has 3 heteroatoms. The van der Waals surface area contributed by atoms with Gasteiger partial charge in [0.2, 0.25) is 0 Å². The molecule has 98 valence electrons. The van der Waals surface area contributed by atoms with Gasteiger partial charge in [0.1, 0.15) is 5.75 Å². The smallest absolute Gasteiger partial charge is 0.341 e. The minimum absolute atomic E-state index is 0.0568. The van der Waals surface area contributed by atoms with E-state index < -0.39 is 5.97 Å². The van der Waals surface area contributed by atoms with Crippen LogP contribution < -0.4 is 4.74 Å². The van der Waals surface area contributed by atoms with Crippen LogP contribution >= 0.6 is 0 Å². The van der Waals surface area contributed by atoms with E-state index in [-0.39, 0.29) is 12.0 Å². The van der Waals surface area contributed by atoms with E-state index in [0.717, 1.165) is 5.56 Å². The van der Waals surface area contributed by atoms with Crippen molar-refractivity contribution in [1.82, 2.24) is 0 Å². The Kier molecular flexibility index (Phi) is 4.54. The second-order valence-electron chi connectivity index (χ2n) is 5.25. The first-order valence-corrected chi connectivity index (χ1v) is 5.93. The highest BCUT2D eigenvalue weighted by molar-refractivity contribution is 5.68. The minimum Gasteiger partial charge on any atom is -0.482 e. The molecule has 0 aromatic heterocycles. The van der Waals surface area contributed by atoms with Crippen molar-refractivity contribution in [3.63, 3.8) is 0 Å². The van der Waals surface area contributed by atoms with Gasteiger partial charge in [0.15, 0.2) is 6.61 Å². The summed E-state index contributed by atoms with van der Waals surface area (Å²) in [5, 5.41) is 8.63. The van der Waals surface area contributed by atoms with Gasteiger partial charge in [-0.05, 0) is 29.0 Å². The van der Waals surface area contributed by atoms with Crippen molar-refractivity contribution < 1.29 is 14.6 Å². The molecule has 0 radical (unpaired) electrons. The third-order valence-corrected chi connectivity index (χ3v) is 2.64. The minimum atomic E-state index is -0.973. The summed E-state index contributed by atoms with van der Waals surface area (Å²) in [6, 6.07) is 5.87. The van der Waals surface area contributed by atoms with Crippen LogP contribution in [0.4, 0.5) is 0 Å². The summed E-state index contributed by atoms with van der Waals surface area (Å²) in [5.74, 6) is -0.357. The SMILES string of the molecule is C=CCc1cc(C(C)(C)C)ccc1OCC(=O)O. The van der Waals surface area contributed by atoms with Gasteiger partial charge < -0.3 is 9.84 Å². The summed E-state index contributed by atoms with van der Waals surface area (Å²) in [6.07, 6.45) is 2.45. The molecule has 0 fully saturated rings.